The summed E-state index contributed by atoms with van der Waals surface area (Å²) in [5.74, 6) is 0. The van der Waals surface area contributed by atoms with E-state index in [1.165, 1.54) is 12.1 Å². The number of hydrogen-bond donors (Lipinski definition) is 2. The van der Waals surface area contributed by atoms with Gasteiger partial charge in [-0.2, -0.15) is 16.8 Å². The molecule has 13 heteroatoms. The Morgan fingerprint density at radius 1 is 0.880 bits per heavy atom. The Kier molecular flexibility index (Phi) is 5.65. The normalized spacial score (nSPS) is 13.0. The van der Waals surface area contributed by atoms with E-state index in [0.29, 0.717) is 0 Å². The lowest BCUT2D eigenvalue weighted by molar-refractivity contribution is -0.436. The van der Waals surface area contributed by atoms with Gasteiger partial charge in [-0.25, -0.2) is 0 Å². The summed E-state index contributed by atoms with van der Waals surface area (Å²) >= 11 is 6.13. The molecule has 0 bridgehead atoms. The zero-order valence-corrected chi connectivity index (χ0v) is 16.7. The highest BCUT2D eigenvalue weighted by Crippen LogP contribution is 2.32. The Balaban J connectivity index is 2.60. The Hall–Kier alpha value is -1.38. The van der Waals surface area contributed by atoms with Gasteiger partial charge in [0.05, 0.1) is 9.37 Å². The van der Waals surface area contributed by atoms with Gasteiger partial charge in [-0.15, -0.1) is 0 Å². The van der Waals surface area contributed by atoms with Gasteiger partial charge in [0.1, 0.15) is 10.6 Å². The van der Waals surface area contributed by atoms with Crippen molar-refractivity contribution in [1.82, 2.24) is 0 Å². The molecule has 0 saturated heterocycles. The van der Waals surface area contributed by atoms with Gasteiger partial charge in [0, 0.05) is 15.7 Å². The molecule has 0 atom stereocenters. The first-order chi connectivity index (χ1) is 11.4. The van der Waals surface area contributed by atoms with Crippen LogP contribution in [0.15, 0.2) is 60.2 Å². The molecule has 0 aliphatic heterocycles. The van der Waals surface area contributed by atoms with E-state index in [2.05, 4.69) is 37.0 Å². The summed E-state index contributed by atoms with van der Waals surface area (Å²) < 4.78 is 63.2. The first-order valence-electron chi connectivity index (χ1n) is 6.12. The third-order valence-electron chi connectivity index (χ3n) is 2.84. The van der Waals surface area contributed by atoms with Gasteiger partial charge >= 0.3 is 0 Å². The smallest absolute Gasteiger partial charge is 0.294 e. The molecule has 0 aliphatic carbocycles. The number of halogens is 2. The van der Waals surface area contributed by atoms with E-state index < -0.39 is 30.0 Å². The third kappa shape index (κ3) is 4.83. The fourth-order valence-electron chi connectivity index (χ4n) is 1.68. The van der Waals surface area contributed by atoms with Crippen LogP contribution in [-0.4, -0.2) is 30.8 Å². The maximum absolute atomic E-state index is 12.2. The second-order valence-electron chi connectivity index (χ2n) is 4.55. The lowest BCUT2D eigenvalue weighted by atomic mass is 10.3. The predicted molar refractivity (Wildman–Crippen MR) is 93.3 cm³/mol. The zero-order valence-electron chi connectivity index (χ0n) is 11.9. The highest BCUT2D eigenvalue weighted by molar-refractivity contribution is 9.11. The van der Waals surface area contributed by atoms with Crippen molar-refractivity contribution in [2.45, 2.75) is 9.79 Å². The van der Waals surface area contributed by atoms with Gasteiger partial charge in [0.25, 0.3) is 25.9 Å². The van der Waals surface area contributed by atoms with E-state index in [1.54, 1.807) is 0 Å². The molecule has 0 aliphatic rings. The van der Waals surface area contributed by atoms with Crippen LogP contribution < -0.4 is 0 Å². The minimum Gasteiger partial charge on any atom is -0.594 e. The fraction of sp³-hybridized carbons (Fsp3) is 0. The molecule has 0 unspecified atom stereocenters. The number of hydrogen-bond acceptors (Lipinski definition) is 6. The summed E-state index contributed by atoms with van der Waals surface area (Å²) in [6, 6.07) is 6.50. The van der Waals surface area contributed by atoms with Gasteiger partial charge in [-0.1, -0.05) is 0 Å². The standard InChI is InChI=1S/C12H8Br2N2O7S2/c13-9-3-1-7(24(18,19)20)5-11(9)15-16(17)12-6-8(25(21,22)23)2-4-10(12)14/h1-6H,(H,18,19,20)(H,21,22,23). The van der Waals surface area contributed by atoms with Gasteiger partial charge < -0.3 is 5.21 Å². The second kappa shape index (κ2) is 7.09. The van der Waals surface area contributed by atoms with E-state index in [9.17, 15) is 22.0 Å². The molecule has 0 spiro atoms. The molecule has 0 aromatic heterocycles. The van der Waals surface area contributed by atoms with Gasteiger partial charge in [-0.3, -0.25) is 9.11 Å². The van der Waals surface area contributed by atoms with Crippen molar-refractivity contribution < 1.29 is 30.8 Å². The molecule has 25 heavy (non-hydrogen) atoms. The molecule has 2 N–H and O–H groups in total. The van der Waals surface area contributed by atoms with Crippen LogP contribution in [0, 0.1) is 5.21 Å². The highest BCUT2D eigenvalue weighted by Gasteiger charge is 2.19. The lowest BCUT2D eigenvalue weighted by Gasteiger charge is -2.05. The summed E-state index contributed by atoms with van der Waals surface area (Å²) in [5.41, 5.74) is -0.381. The molecule has 0 radical (unpaired) electrons. The van der Waals surface area contributed by atoms with Crippen LogP contribution in [0.4, 0.5) is 11.4 Å². The Morgan fingerprint density at radius 2 is 1.36 bits per heavy atom. The van der Waals surface area contributed by atoms with Crippen molar-refractivity contribution in [3.05, 3.63) is 50.6 Å². The second-order valence-corrected chi connectivity index (χ2v) is 9.10. The Bertz CT molecular complexity index is 1080. The minimum atomic E-state index is -4.53. The van der Waals surface area contributed by atoms with E-state index >= 15 is 0 Å². The highest BCUT2D eigenvalue weighted by atomic mass is 79.9. The lowest BCUT2D eigenvalue weighted by Crippen LogP contribution is -2.00. The van der Waals surface area contributed by atoms with Crippen LogP contribution in [-0.2, 0) is 20.2 Å². The molecule has 0 amide bonds. The summed E-state index contributed by atoms with van der Waals surface area (Å²) in [4.78, 5) is -0.965. The van der Waals surface area contributed by atoms with E-state index in [4.69, 9.17) is 9.11 Å². The third-order valence-corrected chi connectivity index (χ3v) is 5.88. The monoisotopic (exact) mass is 514 g/mol. The first-order valence-corrected chi connectivity index (χ1v) is 10.6. The van der Waals surface area contributed by atoms with Crippen LogP contribution in [0.2, 0.25) is 0 Å². The van der Waals surface area contributed by atoms with Gasteiger partial charge in [0.2, 0.25) is 0 Å². The number of rotatable bonds is 4. The van der Waals surface area contributed by atoms with Crippen molar-refractivity contribution in [1.29, 1.82) is 0 Å². The SMILES string of the molecule is O=S(=O)(O)c1ccc(Br)c(N=[N+]([O-])c2cc(S(=O)(=O)O)ccc2Br)c1. The summed E-state index contributed by atoms with van der Waals surface area (Å²) in [5, 5.41) is 15.9. The number of azo groups is 1. The van der Waals surface area contributed by atoms with E-state index in [1.807, 2.05) is 0 Å². The molecule has 134 valence electrons. The van der Waals surface area contributed by atoms with Crippen LogP contribution in [0.5, 0.6) is 0 Å². The first kappa shape index (κ1) is 19.9. The number of nitrogens with zero attached hydrogens (tertiary/aromatic N) is 2. The molecule has 2 rings (SSSR count). The van der Waals surface area contributed by atoms with Crippen LogP contribution >= 0.6 is 31.9 Å². The van der Waals surface area contributed by atoms with Crippen LogP contribution in [0.1, 0.15) is 0 Å². The molecule has 2 aromatic carbocycles. The van der Waals surface area contributed by atoms with E-state index in [-0.39, 0.29) is 25.2 Å². The topological polar surface area (TPSA) is 147 Å². The van der Waals surface area contributed by atoms with Crippen LogP contribution in [0.3, 0.4) is 0 Å². The van der Waals surface area contributed by atoms with Crippen molar-refractivity contribution in [2.75, 3.05) is 0 Å². The fourth-order valence-corrected chi connectivity index (χ4v) is 3.41. The zero-order chi connectivity index (χ0) is 19.0. The minimum absolute atomic E-state index is 0.0344. The molecule has 9 nitrogen and oxygen atoms in total. The van der Waals surface area contributed by atoms with Crippen molar-refractivity contribution >= 4 is 63.5 Å². The Labute approximate surface area is 159 Å². The molecule has 2 aromatic rings. The molecule has 0 fully saturated rings. The van der Waals surface area contributed by atoms with Crippen LogP contribution in [0.25, 0.3) is 0 Å². The predicted octanol–water partition coefficient (Wildman–Crippen LogP) is 3.63. The quantitative estimate of drug-likeness (QED) is 0.273. The maximum Gasteiger partial charge on any atom is 0.294 e. The van der Waals surface area contributed by atoms with Gasteiger partial charge in [0.15, 0.2) is 0 Å². The molecular formula is C12H8Br2N2O7S2. The Morgan fingerprint density at radius 3 is 1.88 bits per heavy atom. The summed E-state index contributed by atoms with van der Waals surface area (Å²) in [6.45, 7) is 0. The van der Waals surface area contributed by atoms with Crippen molar-refractivity contribution in [3.63, 3.8) is 0 Å². The molecular weight excluding hydrogens is 508 g/mol. The van der Waals surface area contributed by atoms with Crippen molar-refractivity contribution in [3.8, 4) is 0 Å². The average molecular weight is 516 g/mol. The molecule has 0 saturated carbocycles. The van der Waals surface area contributed by atoms with E-state index in [0.717, 1.165) is 24.3 Å². The largest absolute Gasteiger partial charge is 0.594 e. The average Bonchev–Trinajstić information content (AvgIpc) is 2.47. The molecule has 0 heterocycles. The summed E-state index contributed by atoms with van der Waals surface area (Å²) in [7, 11) is -9.03. The van der Waals surface area contributed by atoms with Gasteiger partial charge in [-0.05, 0) is 67.1 Å². The number of benzene rings is 2. The maximum atomic E-state index is 12.2. The van der Waals surface area contributed by atoms with Crippen molar-refractivity contribution in [2.24, 2.45) is 5.11 Å². The summed E-state index contributed by atoms with van der Waals surface area (Å²) in [6.07, 6.45) is 0.